The average molecular weight is 262 g/mol. The molecule has 0 fully saturated rings. The number of hydrogen-bond acceptors (Lipinski definition) is 2. The van der Waals surface area contributed by atoms with Gasteiger partial charge in [-0.1, -0.05) is 52.0 Å². The van der Waals surface area contributed by atoms with Gasteiger partial charge in [-0.05, 0) is 29.9 Å². The van der Waals surface area contributed by atoms with E-state index in [0.717, 1.165) is 5.56 Å². The molecule has 1 aromatic rings. The Morgan fingerprint density at radius 2 is 1.79 bits per heavy atom. The maximum Gasteiger partial charge on any atom is 0.237 e. The minimum atomic E-state index is -0.420. The SMILES string of the molecule is CC[C@@H](N)C(=O)NC(C)c1ccc(C(C)(C)C)cc1. The highest BCUT2D eigenvalue weighted by molar-refractivity contribution is 5.81. The van der Waals surface area contributed by atoms with E-state index in [1.807, 2.05) is 13.8 Å². The molecule has 0 saturated carbocycles. The van der Waals surface area contributed by atoms with E-state index in [-0.39, 0.29) is 17.4 Å². The van der Waals surface area contributed by atoms with Gasteiger partial charge in [0, 0.05) is 0 Å². The molecule has 1 aromatic carbocycles. The van der Waals surface area contributed by atoms with Crippen molar-refractivity contribution in [3.8, 4) is 0 Å². The van der Waals surface area contributed by atoms with Crippen LogP contribution in [0.3, 0.4) is 0 Å². The fraction of sp³-hybridized carbons (Fsp3) is 0.562. The second-order valence-electron chi connectivity index (χ2n) is 6.12. The van der Waals surface area contributed by atoms with E-state index < -0.39 is 6.04 Å². The zero-order valence-electron chi connectivity index (χ0n) is 12.7. The van der Waals surface area contributed by atoms with Gasteiger partial charge in [-0.3, -0.25) is 4.79 Å². The first-order chi connectivity index (χ1) is 8.75. The molecule has 0 aliphatic carbocycles. The van der Waals surface area contributed by atoms with Crippen molar-refractivity contribution >= 4 is 5.91 Å². The van der Waals surface area contributed by atoms with Crippen molar-refractivity contribution in [3.63, 3.8) is 0 Å². The fourth-order valence-corrected chi connectivity index (χ4v) is 1.86. The molecule has 3 heteroatoms. The third-order valence-corrected chi connectivity index (χ3v) is 3.41. The molecule has 106 valence electrons. The van der Waals surface area contributed by atoms with Gasteiger partial charge in [0.2, 0.25) is 5.91 Å². The molecule has 1 rings (SSSR count). The monoisotopic (exact) mass is 262 g/mol. The maximum absolute atomic E-state index is 11.7. The highest BCUT2D eigenvalue weighted by atomic mass is 16.2. The second kappa shape index (κ2) is 6.20. The molecular weight excluding hydrogens is 236 g/mol. The average Bonchev–Trinajstić information content (AvgIpc) is 2.36. The number of carbonyl (C=O) groups excluding carboxylic acids is 1. The summed E-state index contributed by atoms with van der Waals surface area (Å²) in [5.41, 5.74) is 8.25. The lowest BCUT2D eigenvalue weighted by Crippen LogP contribution is -2.41. The second-order valence-corrected chi connectivity index (χ2v) is 6.12. The summed E-state index contributed by atoms with van der Waals surface area (Å²) in [6.07, 6.45) is 0.654. The van der Waals surface area contributed by atoms with Gasteiger partial charge >= 0.3 is 0 Å². The fourth-order valence-electron chi connectivity index (χ4n) is 1.86. The Morgan fingerprint density at radius 3 is 2.21 bits per heavy atom. The Bertz CT molecular complexity index is 417. The van der Waals surface area contributed by atoms with Crippen LogP contribution in [0.2, 0.25) is 0 Å². The molecule has 0 saturated heterocycles. The van der Waals surface area contributed by atoms with Gasteiger partial charge in [0.15, 0.2) is 0 Å². The van der Waals surface area contributed by atoms with Crippen molar-refractivity contribution in [2.45, 2.75) is 58.5 Å². The van der Waals surface area contributed by atoms with Gasteiger partial charge < -0.3 is 11.1 Å². The Balaban J connectivity index is 2.73. The van der Waals surface area contributed by atoms with Crippen molar-refractivity contribution in [1.29, 1.82) is 0 Å². The number of nitrogens with one attached hydrogen (secondary N) is 1. The third kappa shape index (κ3) is 4.35. The number of amides is 1. The quantitative estimate of drug-likeness (QED) is 0.876. The zero-order chi connectivity index (χ0) is 14.6. The summed E-state index contributed by atoms with van der Waals surface area (Å²) < 4.78 is 0. The number of nitrogens with two attached hydrogens (primary N) is 1. The van der Waals surface area contributed by atoms with Crippen LogP contribution in [-0.2, 0) is 10.2 Å². The maximum atomic E-state index is 11.7. The summed E-state index contributed by atoms with van der Waals surface area (Å²) in [7, 11) is 0. The molecule has 2 atom stereocenters. The van der Waals surface area contributed by atoms with Crippen LogP contribution in [0.1, 0.15) is 58.2 Å². The molecule has 3 N–H and O–H groups in total. The molecule has 19 heavy (non-hydrogen) atoms. The highest BCUT2D eigenvalue weighted by Gasteiger charge is 2.16. The van der Waals surface area contributed by atoms with Gasteiger partial charge in [-0.25, -0.2) is 0 Å². The Labute approximate surface area is 116 Å². The van der Waals surface area contributed by atoms with Crippen LogP contribution >= 0.6 is 0 Å². The molecule has 1 unspecified atom stereocenters. The van der Waals surface area contributed by atoms with Crippen LogP contribution in [0, 0.1) is 0 Å². The molecular formula is C16H26N2O. The Morgan fingerprint density at radius 1 is 1.26 bits per heavy atom. The molecule has 0 bridgehead atoms. The van der Waals surface area contributed by atoms with Gasteiger partial charge in [0.05, 0.1) is 12.1 Å². The lowest BCUT2D eigenvalue weighted by molar-refractivity contribution is -0.123. The first kappa shape index (κ1) is 15.7. The van der Waals surface area contributed by atoms with Crippen molar-refractivity contribution < 1.29 is 4.79 Å². The molecule has 0 aliphatic heterocycles. The summed E-state index contributed by atoms with van der Waals surface area (Å²) in [4.78, 5) is 11.7. The van der Waals surface area contributed by atoms with Crippen LogP contribution in [0.15, 0.2) is 24.3 Å². The highest BCUT2D eigenvalue weighted by Crippen LogP contribution is 2.23. The van der Waals surface area contributed by atoms with Crippen LogP contribution in [0.25, 0.3) is 0 Å². The molecule has 3 nitrogen and oxygen atoms in total. The summed E-state index contributed by atoms with van der Waals surface area (Å²) >= 11 is 0. The van der Waals surface area contributed by atoms with Crippen LogP contribution in [-0.4, -0.2) is 11.9 Å². The number of benzene rings is 1. The van der Waals surface area contributed by atoms with Crippen LogP contribution in [0.5, 0.6) is 0 Å². The van der Waals surface area contributed by atoms with Crippen molar-refractivity contribution in [2.24, 2.45) is 5.73 Å². The van der Waals surface area contributed by atoms with E-state index in [1.165, 1.54) is 5.56 Å². The summed E-state index contributed by atoms with van der Waals surface area (Å²) in [5, 5.41) is 2.94. The summed E-state index contributed by atoms with van der Waals surface area (Å²) in [6, 6.07) is 7.96. The minimum Gasteiger partial charge on any atom is -0.348 e. The minimum absolute atomic E-state index is 0.0147. The number of carbonyl (C=O) groups is 1. The Hall–Kier alpha value is -1.35. The van der Waals surface area contributed by atoms with E-state index >= 15 is 0 Å². The normalized spacial score (nSPS) is 14.8. The molecule has 0 spiro atoms. The number of hydrogen-bond donors (Lipinski definition) is 2. The van der Waals surface area contributed by atoms with E-state index in [1.54, 1.807) is 0 Å². The predicted molar refractivity (Wildman–Crippen MR) is 80.0 cm³/mol. The molecule has 1 amide bonds. The van der Waals surface area contributed by atoms with E-state index in [4.69, 9.17) is 5.73 Å². The number of rotatable bonds is 4. The molecule has 0 heterocycles. The third-order valence-electron chi connectivity index (χ3n) is 3.41. The molecule has 0 radical (unpaired) electrons. The standard InChI is InChI=1S/C16H26N2O/c1-6-14(17)15(19)18-11(2)12-7-9-13(10-8-12)16(3,4)5/h7-11,14H,6,17H2,1-5H3,(H,18,19)/t11?,14-/m1/s1. The topological polar surface area (TPSA) is 55.1 Å². The first-order valence-electron chi connectivity index (χ1n) is 6.92. The van der Waals surface area contributed by atoms with Gasteiger partial charge in [0.1, 0.15) is 0 Å². The van der Waals surface area contributed by atoms with Crippen molar-refractivity contribution in [1.82, 2.24) is 5.32 Å². The smallest absolute Gasteiger partial charge is 0.237 e. The van der Waals surface area contributed by atoms with Crippen molar-refractivity contribution in [3.05, 3.63) is 35.4 Å². The largest absolute Gasteiger partial charge is 0.348 e. The summed E-state index contributed by atoms with van der Waals surface area (Å²) in [5.74, 6) is -0.0881. The first-order valence-corrected chi connectivity index (χ1v) is 6.92. The lowest BCUT2D eigenvalue weighted by atomic mass is 9.86. The molecule has 0 aromatic heterocycles. The van der Waals surface area contributed by atoms with Gasteiger partial charge in [0.25, 0.3) is 0 Å². The lowest BCUT2D eigenvalue weighted by Gasteiger charge is -2.21. The van der Waals surface area contributed by atoms with Crippen molar-refractivity contribution in [2.75, 3.05) is 0 Å². The van der Waals surface area contributed by atoms with E-state index in [9.17, 15) is 4.79 Å². The molecule has 0 aliphatic rings. The van der Waals surface area contributed by atoms with Crippen LogP contribution < -0.4 is 11.1 Å². The Kier molecular flexibility index (Phi) is 5.12. The van der Waals surface area contributed by atoms with E-state index in [0.29, 0.717) is 6.42 Å². The van der Waals surface area contributed by atoms with Crippen LogP contribution in [0.4, 0.5) is 0 Å². The summed E-state index contributed by atoms with van der Waals surface area (Å²) in [6.45, 7) is 10.5. The van der Waals surface area contributed by atoms with Gasteiger partial charge in [-0.15, -0.1) is 0 Å². The van der Waals surface area contributed by atoms with Gasteiger partial charge in [-0.2, -0.15) is 0 Å². The predicted octanol–water partition coefficient (Wildman–Crippen LogP) is 2.90. The zero-order valence-corrected chi connectivity index (χ0v) is 12.7. The van der Waals surface area contributed by atoms with E-state index in [2.05, 4.69) is 50.4 Å².